The van der Waals surface area contributed by atoms with E-state index >= 15 is 0 Å². The Kier molecular flexibility index (Phi) is 3.67. The summed E-state index contributed by atoms with van der Waals surface area (Å²) in [6.45, 7) is 1.29. The van der Waals surface area contributed by atoms with E-state index in [1.165, 1.54) is 0 Å². The van der Waals surface area contributed by atoms with Crippen LogP contribution in [0.5, 0.6) is 5.75 Å². The maximum absolute atomic E-state index is 6.15. The molecule has 2 atom stereocenters. The second kappa shape index (κ2) is 5.29. The highest BCUT2D eigenvalue weighted by Gasteiger charge is 2.45. The third-order valence-electron chi connectivity index (χ3n) is 3.78. The fourth-order valence-electron chi connectivity index (χ4n) is 2.72. The number of para-hydroxylation sites is 1. The van der Waals surface area contributed by atoms with Gasteiger partial charge in [0.25, 0.3) is 0 Å². The first-order valence-electron chi connectivity index (χ1n) is 6.63. The number of hydrogen-bond acceptors (Lipinski definition) is 4. The minimum absolute atomic E-state index is 0.0188. The maximum atomic E-state index is 6.15. The van der Waals surface area contributed by atoms with Gasteiger partial charge in [-0.25, -0.2) is 0 Å². The minimum Gasteiger partial charge on any atom is -0.487 e. The smallest absolute Gasteiger partial charge is 0.172 e. The molecule has 0 bridgehead atoms. The molecule has 1 saturated carbocycles. The fraction of sp³-hybridized carbons (Fsp3) is 0.571. The van der Waals surface area contributed by atoms with Crippen LogP contribution in [-0.4, -0.2) is 31.1 Å². The molecule has 5 heteroatoms. The van der Waals surface area contributed by atoms with E-state index in [1.807, 2.05) is 24.3 Å². The highest BCUT2D eigenvalue weighted by Crippen LogP contribution is 2.37. The zero-order chi connectivity index (χ0) is 13.3. The molecule has 104 valence electrons. The van der Waals surface area contributed by atoms with Gasteiger partial charge < -0.3 is 19.9 Å². The summed E-state index contributed by atoms with van der Waals surface area (Å²) in [7, 11) is 0. The molecular weight excluding hydrogens is 266 g/mol. The molecule has 4 nitrogen and oxygen atoms in total. The third-order valence-corrected chi connectivity index (χ3v) is 4.09. The molecule has 1 aromatic carbocycles. The van der Waals surface area contributed by atoms with Crippen LogP contribution in [0.15, 0.2) is 24.3 Å². The Morgan fingerprint density at radius 3 is 2.74 bits per heavy atom. The van der Waals surface area contributed by atoms with Crippen LogP contribution in [0.4, 0.5) is 0 Å². The number of ether oxygens (including phenoxy) is 3. The molecule has 1 spiro atoms. The van der Waals surface area contributed by atoms with Gasteiger partial charge in [0.2, 0.25) is 0 Å². The molecule has 1 aliphatic carbocycles. The second-order valence-corrected chi connectivity index (χ2v) is 5.51. The largest absolute Gasteiger partial charge is 0.487 e. The topological polar surface area (TPSA) is 53.7 Å². The van der Waals surface area contributed by atoms with Crippen molar-refractivity contribution in [2.75, 3.05) is 13.2 Å². The van der Waals surface area contributed by atoms with Gasteiger partial charge in [0.15, 0.2) is 5.79 Å². The van der Waals surface area contributed by atoms with E-state index in [4.69, 9.17) is 31.5 Å². The summed E-state index contributed by atoms with van der Waals surface area (Å²) in [5.74, 6) is 0.168. The zero-order valence-electron chi connectivity index (χ0n) is 10.7. The number of halogens is 1. The molecule has 1 saturated heterocycles. The first kappa shape index (κ1) is 13.2. The quantitative estimate of drug-likeness (QED) is 0.905. The Balaban J connectivity index is 1.73. The number of rotatable bonds is 2. The highest BCUT2D eigenvalue weighted by molar-refractivity contribution is 6.32. The monoisotopic (exact) mass is 283 g/mol. The van der Waals surface area contributed by atoms with E-state index in [9.17, 15) is 0 Å². The van der Waals surface area contributed by atoms with Crippen LogP contribution in [0.3, 0.4) is 0 Å². The minimum atomic E-state index is -0.498. The summed E-state index contributed by atoms with van der Waals surface area (Å²) in [6.07, 6.45) is 2.18. The molecule has 2 N–H and O–H groups in total. The summed E-state index contributed by atoms with van der Waals surface area (Å²) >= 11 is 6.11. The van der Waals surface area contributed by atoms with Gasteiger partial charge >= 0.3 is 0 Å². The molecule has 3 rings (SSSR count). The van der Waals surface area contributed by atoms with Gasteiger partial charge in [-0.2, -0.15) is 0 Å². The zero-order valence-corrected chi connectivity index (χ0v) is 11.4. The van der Waals surface area contributed by atoms with Crippen LogP contribution in [0.2, 0.25) is 5.02 Å². The molecule has 1 aromatic rings. The van der Waals surface area contributed by atoms with Gasteiger partial charge in [-0.3, -0.25) is 0 Å². The van der Waals surface area contributed by atoms with Gasteiger partial charge in [-0.1, -0.05) is 23.7 Å². The SMILES string of the molecule is NC1CCC2(CC1Oc1ccccc1Cl)OCCO2. The maximum Gasteiger partial charge on any atom is 0.172 e. The van der Waals surface area contributed by atoms with Crippen molar-refractivity contribution in [3.63, 3.8) is 0 Å². The Bertz CT molecular complexity index is 448. The highest BCUT2D eigenvalue weighted by atomic mass is 35.5. The molecule has 1 aliphatic heterocycles. The van der Waals surface area contributed by atoms with Crippen LogP contribution in [0.1, 0.15) is 19.3 Å². The molecule has 2 unspecified atom stereocenters. The van der Waals surface area contributed by atoms with Crippen LogP contribution >= 0.6 is 11.6 Å². The first-order chi connectivity index (χ1) is 9.19. The van der Waals surface area contributed by atoms with Gasteiger partial charge in [-0.15, -0.1) is 0 Å². The molecule has 19 heavy (non-hydrogen) atoms. The standard InChI is InChI=1S/C14H18ClNO3/c15-10-3-1-2-4-12(10)19-13-9-14(6-5-11(13)16)17-7-8-18-14/h1-4,11,13H,5-9,16H2. The summed E-state index contributed by atoms with van der Waals surface area (Å²) < 4.78 is 17.4. The van der Waals surface area contributed by atoms with Gasteiger partial charge in [-0.05, 0) is 18.6 Å². The molecular formula is C14H18ClNO3. The van der Waals surface area contributed by atoms with Crippen molar-refractivity contribution in [1.29, 1.82) is 0 Å². The van der Waals surface area contributed by atoms with Crippen LogP contribution in [-0.2, 0) is 9.47 Å². The van der Waals surface area contributed by atoms with E-state index in [2.05, 4.69) is 0 Å². The van der Waals surface area contributed by atoms with Gasteiger partial charge in [0, 0.05) is 18.9 Å². The van der Waals surface area contributed by atoms with Crippen LogP contribution in [0, 0.1) is 0 Å². The Hall–Kier alpha value is -0.810. The van der Waals surface area contributed by atoms with Crippen molar-refractivity contribution in [2.45, 2.75) is 37.2 Å². The number of hydrogen-bond donors (Lipinski definition) is 1. The molecule has 0 aromatic heterocycles. The van der Waals surface area contributed by atoms with Crippen LogP contribution in [0.25, 0.3) is 0 Å². The summed E-state index contributed by atoms with van der Waals surface area (Å²) in [5.41, 5.74) is 6.15. The van der Waals surface area contributed by atoms with E-state index < -0.39 is 5.79 Å². The Labute approximate surface area is 117 Å². The fourth-order valence-corrected chi connectivity index (χ4v) is 2.90. The second-order valence-electron chi connectivity index (χ2n) is 5.10. The molecule has 2 fully saturated rings. The van der Waals surface area contributed by atoms with Crippen molar-refractivity contribution in [3.8, 4) is 5.75 Å². The van der Waals surface area contributed by atoms with Crippen molar-refractivity contribution in [2.24, 2.45) is 5.73 Å². The summed E-state index contributed by atoms with van der Waals surface area (Å²) in [5, 5.41) is 0.600. The van der Waals surface area contributed by atoms with E-state index in [0.717, 1.165) is 12.8 Å². The van der Waals surface area contributed by atoms with Crippen molar-refractivity contribution < 1.29 is 14.2 Å². The lowest BCUT2D eigenvalue weighted by atomic mass is 9.88. The third kappa shape index (κ3) is 2.72. The van der Waals surface area contributed by atoms with E-state index in [-0.39, 0.29) is 12.1 Å². The first-order valence-corrected chi connectivity index (χ1v) is 7.01. The average Bonchev–Trinajstić information content (AvgIpc) is 2.85. The summed E-state index contributed by atoms with van der Waals surface area (Å²) in [6, 6.07) is 7.42. The van der Waals surface area contributed by atoms with Crippen molar-refractivity contribution in [1.82, 2.24) is 0 Å². The number of benzene rings is 1. The lowest BCUT2D eigenvalue weighted by Gasteiger charge is -2.39. The molecule has 2 aliphatic rings. The normalized spacial score (nSPS) is 29.6. The van der Waals surface area contributed by atoms with E-state index in [0.29, 0.717) is 30.4 Å². The predicted octanol–water partition coefficient (Wildman–Crippen LogP) is 2.34. The molecule has 1 heterocycles. The van der Waals surface area contributed by atoms with Gasteiger partial charge in [0.1, 0.15) is 11.9 Å². The average molecular weight is 284 g/mol. The number of nitrogens with two attached hydrogens (primary N) is 1. The van der Waals surface area contributed by atoms with Gasteiger partial charge in [0.05, 0.1) is 18.2 Å². The van der Waals surface area contributed by atoms with Crippen molar-refractivity contribution in [3.05, 3.63) is 29.3 Å². The van der Waals surface area contributed by atoms with Crippen molar-refractivity contribution >= 4 is 11.6 Å². The predicted molar refractivity (Wildman–Crippen MR) is 72.3 cm³/mol. The van der Waals surface area contributed by atoms with Crippen LogP contribution < -0.4 is 10.5 Å². The Morgan fingerprint density at radius 1 is 1.26 bits per heavy atom. The summed E-state index contributed by atoms with van der Waals surface area (Å²) in [4.78, 5) is 0. The Morgan fingerprint density at radius 2 is 2.00 bits per heavy atom. The molecule has 0 amide bonds. The lowest BCUT2D eigenvalue weighted by Crippen LogP contribution is -2.51. The molecule has 0 radical (unpaired) electrons. The lowest BCUT2D eigenvalue weighted by molar-refractivity contribution is -0.195. The van der Waals surface area contributed by atoms with E-state index in [1.54, 1.807) is 0 Å².